The second-order valence-electron chi connectivity index (χ2n) is 4.39. The van der Waals surface area contributed by atoms with E-state index in [1.807, 2.05) is 29.9 Å². The Labute approximate surface area is 114 Å². The highest BCUT2D eigenvalue weighted by molar-refractivity contribution is 6.36. The lowest BCUT2D eigenvalue weighted by Crippen LogP contribution is -1.95. The topological polar surface area (TPSA) is 43.8 Å². The van der Waals surface area contributed by atoms with Crippen LogP contribution in [0.4, 0.5) is 10.2 Å². The van der Waals surface area contributed by atoms with E-state index < -0.39 is 5.82 Å². The number of halogens is 2. The van der Waals surface area contributed by atoms with Gasteiger partial charge in [-0.05, 0) is 29.7 Å². The lowest BCUT2D eigenvalue weighted by molar-refractivity contribution is 0.632. The van der Waals surface area contributed by atoms with Gasteiger partial charge in [-0.2, -0.15) is 0 Å². The van der Waals surface area contributed by atoms with Crippen molar-refractivity contribution in [2.24, 2.45) is 7.05 Å². The van der Waals surface area contributed by atoms with Crippen molar-refractivity contribution in [3.05, 3.63) is 47.5 Å². The second-order valence-corrected chi connectivity index (χ2v) is 4.76. The average molecular weight is 276 g/mol. The number of aromatic nitrogens is 2. The first-order chi connectivity index (χ1) is 9.08. The number of aryl methyl sites for hydroxylation is 1. The van der Waals surface area contributed by atoms with Gasteiger partial charge in [0.05, 0.1) is 10.7 Å². The van der Waals surface area contributed by atoms with Gasteiger partial charge in [0.2, 0.25) is 0 Å². The maximum Gasteiger partial charge on any atom is 0.151 e. The maximum absolute atomic E-state index is 14.4. The fourth-order valence-electron chi connectivity index (χ4n) is 2.17. The van der Waals surface area contributed by atoms with Gasteiger partial charge < -0.3 is 10.3 Å². The van der Waals surface area contributed by atoms with E-state index in [1.165, 1.54) is 6.20 Å². The Morgan fingerprint density at radius 2 is 2.16 bits per heavy atom. The molecule has 3 nitrogen and oxygen atoms in total. The van der Waals surface area contributed by atoms with Crippen molar-refractivity contribution in [1.29, 1.82) is 0 Å². The molecule has 2 N–H and O–H groups in total. The van der Waals surface area contributed by atoms with Gasteiger partial charge in [-0.25, -0.2) is 9.37 Å². The van der Waals surface area contributed by atoms with Crippen LogP contribution >= 0.6 is 11.6 Å². The smallest absolute Gasteiger partial charge is 0.151 e. The Morgan fingerprint density at radius 1 is 1.37 bits per heavy atom. The molecule has 0 amide bonds. The average Bonchev–Trinajstić information content (AvgIpc) is 2.80. The summed E-state index contributed by atoms with van der Waals surface area (Å²) in [5.74, 6) is -0.0597. The molecule has 0 saturated carbocycles. The molecule has 96 valence electrons. The largest absolute Gasteiger partial charge is 0.384 e. The first-order valence-electron chi connectivity index (χ1n) is 5.73. The fraction of sp³-hybridized carbons (Fsp3) is 0.0714. The zero-order chi connectivity index (χ0) is 13.6. The normalized spacial score (nSPS) is 11.1. The third-order valence-corrected chi connectivity index (χ3v) is 3.51. The van der Waals surface area contributed by atoms with Crippen LogP contribution in [-0.4, -0.2) is 9.55 Å². The Hall–Kier alpha value is -2.07. The maximum atomic E-state index is 14.4. The number of hydrogen-bond acceptors (Lipinski definition) is 2. The van der Waals surface area contributed by atoms with Gasteiger partial charge in [0, 0.05) is 30.4 Å². The van der Waals surface area contributed by atoms with Gasteiger partial charge in [-0.15, -0.1) is 0 Å². The van der Waals surface area contributed by atoms with Crippen molar-refractivity contribution in [3.8, 4) is 11.3 Å². The van der Waals surface area contributed by atoms with Crippen LogP contribution < -0.4 is 5.73 Å². The summed E-state index contributed by atoms with van der Waals surface area (Å²) in [5.41, 5.74) is 6.87. The third-order valence-electron chi connectivity index (χ3n) is 3.14. The Kier molecular flexibility index (Phi) is 2.68. The van der Waals surface area contributed by atoms with Crippen molar-refractivity contribution >= 4 is 28.2 Å². The van der Waals surface area contributed by atoms with Gasteiger partial charge in [-0.3, -0.25) is 0 Å². The minimum absolute atomic E-state index is 0.0706. The summed E-state index contributed by atoms with van der Waals surface area (Å²) in [7, 11) is 1.85. The van der Waals surface area contributed by atoms with Crippen molar-refractivity contribution in [2.45, 2.75) is 0 Å². The second kappa shape index (κ2) is 4.24. The molecule has 0 bridgehead atoms. The van der Waals surface area contributed by atoms with Gasteiger partial charge >= 0.3 is 0 Å². The summed E-state index contributed by atoms with van der Waals surface area (Å²) in [6.07, 6.45) is 3.35. The van der Waals surface area contributed by atoms with Crippen molar-refractivity contribution in [1.82, 2.24) is 9.55 Å². The molecule has 0 aliphatic rings. The lowest BCUT2D eigenvalue weighted by Gasteiger charge is -2.10. The first kappa shape index (κ1) is 12.0. The SMILES string of the molecule is Cn1cccc1-c1cc2cc(N)ncc2c(Cl)c1F. The quantitative estimate of drug-likeness (QED) is 0.737. The monoisotopic (exact) mass is 275 g/mol. The van der Waals surface area contributed by atoms with Gasteiger partial charge in [0.1, 0.15) is 5.82 Å². The number of pyridine rings is 1. The molecule has 0 unspecified atom stereocenters. The minimum Gasteiger partial charge on any atom is -0.384 e. The number of fused-ring (bicyclic) bond motifs is 1. The highest BCUT2D eigenvalue weighted by Crippen LogP contribution is 2.34. The van der Waals surface area contributed by atoms with E-state index >= 15 is 0 Å². The van der Waals surface area contributed by atoms with Gasteiger partial charge in [0.15, 0.2) is 5.82 Å². The molecule has 0 atom stereocenters. The molecule has 3 rings (SSSR count). The van der Waals surface area contributed by atoms with Crippen molar-refractivity contribution in [3.63, 3.8) is 0 Å². The molecular weight excluding hydrogens is 265 g/mol. The highest BCUT2D eigenvalue weighted by atomic mass is 35.5. The molecule has 1 aromatic carbocycles. The van der Waals surface area contributed by atoms with Crippen LogP contribution in [0.25, 0.3) is 22.0 Å². The number of anilines is 1. The third kappa shape index (κ3) is 1.85. The molecule has 0 spiro atoms. The molecule has 0 saturated heterocycles. The number of nitrogens with zero attached hydrogens (tertiary/aromatic N) is 2. The van der Waals surface area contributed by atoms with Crippen LogP contribution in [0, 0.1) is 5.82 Å². The Morgan fingerprint density at radius 3 is 2.84 bits per heavy atom. The number of rotatable bonds is 1. The van der Waals surface area contributed by atoms with Crippen LogP contribution in [0.3, 0.4) is 0 Å². The minimum atomic E-state index is -0.442. The first-order valence-corrected chi connectivity index (χ1v) is 6.10. The molecular formula is C14H11ClFN3. The van der Waals surface area contributed by atoms with E-state index in [2.05, 4.69) is 4.98 Å². The lowest BCUT2D eigenvalue weighted by atomic mass is 10.1. The van der Waals surface area contributed by atoms with Gasteiger partial charge in [-0.1, -0.05) is 11.6 Å². The highest BCUT2D eigenvalue weighted by Gasteiger charge is 2.15. The standard InChI is InChI=1S/C14H11ClFN3/c1-19-4-2-3-11(19)9-5-8-6-12(17)18-7-10(8)13(15)14(9)16/h2-7H,1H3,(H2,17,18). The summed E-state index contributed by atoms with van der Waals surface area (Å²) in [5, 5.41) is 1.41. The van der Waals surface area contributed by atoms with Crippen LogP contribution in [0.15, 0.2) is 36.7 Å². The summed E-state index contributed by atoms with van der Waals surface area (Å²) >= 11 is 6.09. The predicted molar refractivity (Wildman–Crippen MR) is 75.5 cm³/mol. The summed E-state index contributed by atoms with van der Waals surface area (Å²) in [6, 6.07) is 7.12. The van der Waals surface area contributed by atoms with Crippen LogP contribution in [-0.2, 0) is 7.05 Å². The van der Waals surface area contributed by atoms with E-state index in [-0.39, 0.29) is 5.02 Å². The molecule has 3 aromatic rings. The zero-order valence-electron chi connectivity index (χ0n) is 10.2. The predicted octanol–water partition coefficient (Wildman–Crippen LogP) is 3.62. The van der Waals surface area contributed by atoms with E-state index in [4.69, 9.17) is 17.3 Å². The molecule has 19 heavy (non-hydrogen) atoms. The van der Waals surface area contributed by atoms with Gasteiger partial charge in [0.25, 0.3) is 0 Å². The van der Waals surface area contributed by atoms with E-state index in [9.17, 15) is 4.39 Å². The van der Waals surface area contributed by atoms with Crippen molar-refractivity contribution < 1.29 is 4.39 Å². The zero-order valence-corrected chi connectivity index (χ0v) is 10.9. The number of nitrogens with two attached hydrogens (primary N) is 1. The molecule has 0 fully saturated rings. The molecule has 5 heteroatoms. The number of benzene rings is 1. The molecule has 0 radical (unpaired) electrons. The number of nitrogen functional groups attached to an aromatic ring is 1. The van der Waals surface area contributed by atoms with E-state index in [0.29, 0.717) is 16.8 Å². The van der Waals surface area contributed by atoms with E-state index in [0.717, 1.165) is 11.1 Å². The number of hydrogen-bond donors (Lipinski definition) is 1. The summed E-state index contributed by atoms with van der Waals surface area (Å²) in [6.45, 7) is 0. The fourth-order valence-corrected chi connectivity index (χ4v) is 2.43. The van der Waals surface area contributed by atoms with E-state index in [1.54, 1.807) is 12.1 Å². The summed E-state index contributed by atoms with van der Waals surface area (Å²) in [4.78, 5) is 3.94. The van der Waals surface area contributed by atoms with Crippen LogP contribution in [0.1, 0.15) is 0 Å². The summed E-state index contributed by atoms with van der Waals surface area (Å²) < 4.78 is 16.2. The molecule has 0 aliphatic heterocycles. The molecule has 2 heterocycles. The van der Waals surface area contributed by atoms with Crippen LogP contribution in [0.2, 0.25) is 5.02 Å². The van der Waals surface area contributed by atoms with Crippen LogP contribution in [0.5, 0.6) is 0 Å². The Balaban J connectivity index is 2.38. The molecule has 0 aliphatic carbocycles. The van der Waals surface area contributed by atoms with Crippen molar-refractivity contribution in [2.75, 3.05) is 5.73 Å². The Bertz CT molecular complexity index is 780. The molecule has 2 aromatic heterocycles.